The third kappa shape index (κ3) is 3.45. The van der Waals surface area contributed by atoms with Crippen molar-refractivity contribution in [2.45, 2.75) is 32.0 Å². The fourth-order valence-corrected chi connectivity index (χ4v) is 4.22. The lowest BCUT2D eigenvalue weighted by atomic mass is 9.87. The number of hydrogen-bond donors (Lipinski definition) is 1. The Balaban J connectivity index is 1.65. The van der Waals surface area contributed by atoms with Crippen LogP contribution < -0.4 is 9.47 Å². The minimum absolute atomic E-state index is 0.144. The Hall–Kier alpha value is -3.57. The van der Waals surface area contributed by atoms with Crippen LogP contribution in [0.3, 0.4) is 0 Å². The molecule has 3 aromatic carbocycles. The number of ether oxygens (including phenoxy) is 3. The molecule has 5 rings (SSSR count). The second-order valence-electron chi connectivity index (χ2n) is 8.39. The lowest BCUT2D eigenvalue weighted by molar-refractivity contribution is -0.185. The molecular formula is C27H24O5. The van der Waals surface area contributed by atoms with E-state index in [1.54, 1.807) is 18.2 Å². The minimum Gasteiger partial charge on any atom is -0.454 e. The highest BCUT2D eigenvalue weighted by molar-refractivity contribution is 6.20. The van der Waals surface area contributed by atoms with E-state index in [-0.39, 0.29) is 6.79 Å². The van der Waals surface area contributed by atoms with Gasteiger partial charge in [0.2, 0.25) is 6.79 Å². The minimum atomic E-state index is -1.85. The van der Waals surface area contributed by atoms with Crippen LogP contribution in [0.5, 0.6) is 11.5 Å². The van der Waals surface area contributed by atoms with Crippen LogP contribution in [0.2, 0.25) is 0 Å². The van der Waals surface area contributed by atoms with Gasteiger partial charge in [-0.3, -0.25) is 0 Å². The third-order valence-corrected chi connectivity index (χ3v) is 6.01. The van der Waals surface area contributed by atoms with Gasteiger partial charge in [-0.25, -0.2) is 4.79 Å². The zero-order chi connectivity index (χ0) is 22.3. The quantitative estimate of drug-likeness (QED) is 0.584. The number of cyclic esters (lactones) is 1. The average molecular weight is 428 g/mol. The number of carbonyl (C=O) groups excluding carboxylic acids is 1. The molecule has 1 atom stereocenters. The van der Waals surface area contributed by atoms with Crippen molar-refractivity contribution in [1.29, 1.82) is 0 Å². The summed E-state index contributed by atoms with van der Waals surface area (Å²) in [6.07, 6.45) is 0.360. The molecule has 0 saturated heterocycles. The van der Waals surface area contributed by atoms with E-state index in [1.807, 2.05) is 54.6 Å². The monoisotopic (exact) mass is 428 g/mol. The van der Waals surface area contributed by atoms with Gasteiger partial charge >= 0.3 is 5.97 Å². The molecule has 5 heteroatoms. The van der Waals surface area contributed by atoms with E-state index < -0.39 is 11.8 Å². The number of rotatable bonds is 5. The fraction of sp³-hybridized carbons (Fsp3) is 0.222. The first-order valence-corrected chi connectivity index (χ1v) is 10.7. The van der Waals surface area contributed by atoms with E-state index in [4.69, 9.17) is 14.2 Å². The highest BCUT2D eigenvalue weighted by Crippen LogP contribution is 2.46. The molecule has 0 aliphatic carbocycles. The summed E-state index contributed by atoms with van der Waals surface area (Å²) in [7, 11) is 0. The maximum atomic E-state index is 13.1. The molecule has 2 aliphatic heterocycles. The molecule has 0 aromatic heterocycles. The summed E-state index contributed by atoms with van der Waals surface area (Å²) in [5.41, 5.74) is 4.12. The second-order valence-corrected chi connectivity index (χ2v) is 8.39. The molecule has 1 N–H and O–H groups in total. The molecule has 0 fully saturated rings. The number of hydrogen-bond acceptors (Lipinski definition) is 5. The smallest absolute Gasteiger partial charge is 0.342 e. The predicted octanol–water partition coefficient (Wildman–Crippen LogP) is 4.94. The van der Waals surface area contributed by atoms with Crippen LogP contribution in [-0.2, 0) is 21.7 Å². The molecule has 0 radical (unpaired) electrons. The number of fused-ring (bicyclic) bond motifs is 1. The van der Waals surface area contributed by atoms with Gasteiger partial charge in [-0.1, -0.05) is 74.5 Å². The molecule has 0 saturated carbocycles. The van der Waals surface area contributed by atoms with Crippen molar-refractivity contribution in [2.24, 2.45) is 0 Å². The Morgan fingerprint density at radius 1 is 0.938 bits per heavy atom. The van der Waals surface area contributed by atoms with Crippen molar-refractivity contribution in [3.8, 4) is 11.5 Å². The lowest BCUT2D eigenvalue weighted by Crippen LogP contribution is -2.29. The highest BCUT2D eigenvalue weighted by atomic mass is 16.7. The topological polar surface area (TPSA) is 65.0 Å². The summed E-state index contributed by atoms with van der Waals surface area (Å²) in [4.78, 5) is 13.1. The zero-order valence-electron chi connectivity index (χ0n) is 18.0. The first kappa shape index (κ1) is 20.3. The molecule has 5 nitrogen and oxygen atoms in total. The first-order valence-electron chi connectivity index (χ1n) is 10.7. The van der Waals surface area contributed by atoms with Crippen LogP contribution in [0.25, 0.3) is 5.57 Å². The van der Waals surface area contributed by atoms with Crippen LogP contribution in [0.4, 0.5) is 0 Å². The molecule has 0 bridgehead atoms. The number of benzene rings is 3. The van der Waals surface area contributed by atoms with Gasteiger partial charge in [0, 0.05) is 17.6 Å². The van der Waals surface area contributed by atoms with Crippen LogP contribution in [-0.4, -0.2) is 17.9 Å². The van der Waals surface area contributed by atoms with Gasteiger partial charge in [0.25, 0.3) is 5.79 Å². The van der Waals surface area contributed by atoms with Crippen LogP contribution >= 0.6 is 0 Å². The average Bonchev–Trinajstić information content (AvgIpc) is 3.36. The maximum Gasteiger partial charge on any atom is 0.342 e. The van der Waals surface area contributed by atoms with E-state index in [9.17, 15) is 9.90 Å². The van der Waals surface area contributed by atoms with Gasteiger partial charge in [-0.15, -0.1) is 0 Å². The SMILES string of the molecule is CC(C)c1ccc(C2(O)OC(=O)C(c3ccc4c(c3)OCO4)=C2Cc2ccccc2)cc1. The van der Waals surface area contributed by atoms with Crippen molar-refractivity contribution >= 4 is 11.5 Å². The molecule has 3 aromatic rings. The molecule has 2 heterocycles. The highest BCUT2D eigenvalue weighted by Gasteiger charge is 2.48. The largest absolute Gasteiger partial charge is 0.454 e. The van der Waals surface area contributed by atoms with Gasteiger partial charge in [0.1, 0.15) is 0 Å². The summed E-state index contributed by atoms with van der Waals surface area (Å²) in [6, 6.07) is 22.7. The molecule has 0 spiro atoms. The van der Waals surface area contributed by atoms with Crippen molar-refractivity contribution in [3.05, 3.63) is 101 Å². The van der Waals surface area contributed by atoms with E-state index >= 15 is 0 Å². The normalized spacial score (nSPS) is 19.6. The van der Waals surface area contributed by atoms with Crippen molar-refractivity contribution in [2.75, 3.05) is 6.79 Å². The van der Waals surface area contributed by atoms with Gasteiger partial charge in [0.15, 0.2) is 11.5 Å². The van der Waals surface area contributed by atoms with Gasteiger partial charge < -0.3 is 19.3 Å². The molecule has 0 amide bonds. The molecule has 162 valence electrons. The first-order chi connectivity index (χ1) is 15.5. The van der Waals surface area contributed by atoms with Gasteiger partial charge in [-0.2, -0.15) is 0 Å². The van der Waals surface area contributed by atoms with E-state index in [0.717, 1.165) is 11.1 Å². The standard InChI is InChI=1S/C27H24O5/c1-17(2)19-8-11-21(12-9-19)27(29)22(14-18-6-4-3-5-7-18)25(26(28)32-27)20-10-13-23-24(15-20)31-16-30-23/h3-13,15,17,29H,14,16H2,1-2H3. The third-order valence-electron chi connectivity index (χ3n) is 6.01. The summed E-state index contributed by atoms with van der Waals surface area (Å²) in [5.74, 6) is -0.865. The van der Waals surface area contributed by atoms with Gasteiger partial charge in [-0.05, 0) is 34.7 Å². The van der Waals surface area contributed by atoms with Crippen LogP contribution in [0.1, 0.15) is 42.0 Å². The Morgan fingerprint density at radius 3 is 2.38 bits per heavy atom. The Bertz CT molecular complexity index is 1190. The van der Waals surface area contributed by atoms with E-state index in [0.29, 0.717) is 46.1 Å². The Labute approximate surface area is 186 Å². The van der Waals surface area contributed by atoms with Crippen LogP contribution in [0.15, 0.2) is 78.4 Å². The van der Waals surface area contributed by atoms with Crippen molar-refractivity contribution in [3.63, 3.8) is 0 Å². The summed E-state index contributed by atoms with van der Waals surface area (Å²) in [5, 5.41) is 11.8. The number of carbonyl (C=O) groups is 1. The van der Waals surface area contributed by atoms with E-state index in [1.165, 1.54) is 0 Å². The molecule has 1 unspecified atom stereocenters. The van der Waals surface area contributed by atoms with Crippen molar-refractivity contribution in [1.82, 2.24) is 0 Å². The van der Waals surface area contributed by atoms with Crippen LogP contribution in [0, 0.1) is 0 Å². The Kier molecular flexibility index (Phi) is 4.98. The molecule has 32 heavy (non-hydrogen) atoms. The zero-order valence-corrected chi connectivity index (χ0v) is 18.0. The second kappa shape index (κ2) is 7.84. The Morgan fingerprint density at radius 2 is 1.66 bits per heavy atom. The summed E-state index contributed by atoms with van der Waals surface area (Å²) >= 11 is 0. The van der Waals surface area contributed by atoms with Gasteiger partial charge in [0.05, 0.1) is 5.57 Å². The number of aliphatic hydroxyl groups is 1. The fourth-order valence-electron chi connectivity index (χ4n) is 4.22. The number of esters is 1. The predicted molar refractivity (Wildman–Crippen MR) is 120 cm³/mol. The maximum absolute atomic E-state index is 13.1. The summed E-state index contributed by atoms with van der Waals surface area (Å²) < 4.78 is 16.6. The summed E-state index contributed by atoms with van der Waals surface area (Å²) in [6.45, 7) is 4.36. The lowest BCUT2D eigenvalue weighted by Gasteiger charge is -2.26. The van der Waals surface area contributed by atoms with Crippen molar-refractivity contribution < 1.29 is 24.1 Å². The van der Waals surface area contributed by atoms with E-state index in [2.05, 4.69) is 13.8 Å². The molecule has 2 aliphatic rings. The molecular weight excluding hydrogens is 404 g/mol.